The number of ether oxygens (including phenoxy) is 1. The van der Waals surface area contributed by atoms with Crippen LogP contribution in [0.5, 0.6) is 0 Å². The van der Waals surface area contributed by atoms with Gasteiger partial charge in [-0.15, -0.1) is 0 Å². The lowest BCUT2D eigenvalue weighted by molar-refractivity contribution is 0.0606. The van der Waals surface area contributed by atoms with E-state index in [2.05, 4.69) is 10.0 Å². The number of benzene rings is 1. The van der Waals surface area contributed by atoms with Crippen molar-refractivity contribution in [1.29, 1.82) is 0 Å². The zero-order chi connectivity index (χ0) is 15.5. The van der Waals surface area contributed by atoms with Gasteiger partial charge in [-0.25, -0.2) is 13.1 Å². The number of rotatable bonds is 5. The normalized spacial score (nSPS) is 23.0. The van der Waals surface area contributed by atoms with Crippen molar-refractivity contribution < 1.29 is 13.2 Å². The molecule has 0 bridgehead atoms. The zero-order valence-corrected chi connectivity index (χ0v) is 13.7. The Morgan fingerprint density at radius 3 is 2.62 bits per heavy atom. The molecule has 21 heavy (non-hydrogen) atoms. The molecule has 0 radical (unpaired) electrons. The minimum Gasteiger partial charge on any atom is -0.379 e. The van der Waals surface area contributed by atoms with E-state index < -0.39 is 10.0 Å². The number of anilines is 1. The summed E-state index contributed by atoms with van der Waals surface area (Å²) in [7, 11) is -0.262. The standard InChI is InChI=1S/C15H24N2O3S/c1-11-8-9-12(21(18,19)16-2)10-14(11)17-13-6-4-5-7-15(13)20-3/h8-10,13,15-17H,4-7H2,1-3H3. The smallest absolute Gasteiger partial charge is 0.240 e. The van der Waals surface area contributed by atoms with Gasteiger partial charge in [-0.2, -0.15) is 0 Å². The fourth-order valence-corrected chi connectivity index (χ4v) is 3.54. The van der Waals surface area contributed by atoms with E-state index in [1.54, 1.807) is 19.2 Å². The molecule has 1 aliphatic rings. The molecule has 2 unspecified atom stereocenters. The maximum Gasteiger partial charge on any atom is 0.240 e. The first-order valence-corrected chi connectivity index (χ1v) is 8.80. The van der Waals surface area contributed by atoms with Crippen molar-refractivity contribution in [2.45, 2.75) is 49.6 Å². The Kier molecular flexibility index (Phi) is 5.24. The molecule has 0 saturated heterocycles. The van der Waals surface area contributed by atoms with E-state index in [4.69, 9.17) is 4.74 Å². The molecule has 2 N–H and O–H groups in total. The molecule has 0 aromatic heterocycles. The minimum atomic E-state index is -3.42. The van der Waals surface area contributed by atoms with E-state index in [1.165, 1.54) is 19.9 Å². The van der Waals surface area contributed by atoms with E-state index in [9.17, 15) is 8.42 Å². The van der Waals surface area contributed by atoms with Crippen molar-refractivity contribution in [3.05, 3.63) is 23.8 Å². The van der Waals surface area contributed by atoms with Crippen LogP contribution in [0.2, 0.25) is 0 Å². The topological polar surface area (TPSA) is 67.4 Å². The summed E-state index contributed by atoms with van der Waals surface area (Å²) in [4.78, 5) is 0.280. The molecule has 1 saturated carbocycles. The van der Waals surface area contributed by atoms with E-state index in [0.717, 1.165) is 24.1 Å². The number of hydrogen-bond acceptors (Lipinski definition) is 4. The van der Waals surface area contributed by atoms with Gasteiger partial charge in [0.2, 0.25) is 10.0 Å². The molecule has 118 valence electrons. The Bertz CT molecular complexity index is 587. The van der Waals surface area contributed by atoms with Gasteiger partial charge in [0, 0.05) is 12.8 Å². The second-order valence-electron chi connectivity index (χ2n) is 5.49. The first kappa shape index (κ1) is 16.3. The number of aryl methyl sites for hydroxylation is 1. The molecule has 1 aromatic rings. The van der Waals surface area contributed by atoms with Crippen molar-refractivity contribution in [3.8, 4) is 0 Å². The second kappa shape index (κ2) is 6.77. The van der Waals surface area contributed by atoms with E-state index in [0.29, 0.717) is 0 Å². The van der Waals surface area contributed by atoms with Crippen molar-refractivity contribution in [1.82, 2.24) is 4.72 Å². The van der Waals surface area contributed by atoms with Crippen LogP contribution >= 0.6 is 0 Å². The van der Waals surface area contributed by atoms with Gasteiger partial charge in [-0.05, 0) is 44.5 Å². The SMILES string of the molecule is CNS(=O)(=O)c1ccc(C)c(NC2CCCCC2OC)c1. The Labute approximate surface area is 127 Å². The number of hydrogen-bond donors (Lipinski definition) is 2. The Balaban J connectivity index is 2.25. The average molecular weight is 312 g/mol. The second-order valence-corrected chi connectivity index (χ2v) is 7.38. The van der Waals surface area contributed by atoms with Crippen LogP contribution in [0, 0.1) is 6.92 Å². The summed E-state index contributed by atoms with van der Waals surface area (Å²) in [5.74, 6) is 0. The predicted molar refractivity (Wildman–Crippen MR) is 84.1 cm³/mol. The lowest BCUT2D eigenvalue weighted by Crippen LogP contribution is -2.38. The molecular weight excluding hydrogens is 288 g/mol. The quantitative estimate of drug-likeness (QED) is 0.875. The highest BCUT2D eigenvalue weighted by Gasteiger charge is 2.25. The van der Waals surface area contributed by atoms with E-state index in [-0.39, 0.29) is 17.0 Å². The van der Waals surface area contributed by atoms with Gasteiger partial charge in [0.25, 0.3) is 0 Å². The molecule has 2 atom stereocenters. The highest BCUT2D eigenvalue weighted by Crippen LogP contribution is 2.27. The third kappa shape index (κ3) is 3.75. The molecule has 1 aromatic carbocycles. The fourth-order valence-electron chi connectivity index (χ4n) is 2.79. The number of methoxy groups -OCH3 is 1. The van der Waals surface area contributed by atoms with Gasteiger partial charge in [0.05, 0.1) is 17.0 Å². The minimum absolute atomic E-state index is 0.183. The molecule has 1 aliphatic carbocycles. The Hall–Kier alpha value is -1.11. The lowest BCUT2D eigenvalue weighted by atomic mass is 9.92. The summed E-state index contributed by atoms with van der Waals surface area (Å²) in [5, 5.41) is 3.47. The summed E-state index contributed by atoms with van der Waals surface area (Å²) in [5.41, 5.74) is 1.89. The summed E-state index contributed by atoms with van der Waals surface area (Å²) < 4.78 is 31.7. The molecule has 2 rings (SSSR count). The lowest BCUT2D eigenvalue weighted by Gasteiger charge is -2.32. The maximum absolute atomic E-state index is 11.9. The van der Waals surface area contributed by atoms with Crippen LogP contribution < -0.4 is 10.0 Å². The Morgan fingerprint density at radius 2 is 1.95 bits per heavy atom. The maximum atomic E-state index is 11.9. The fraction of sp³-hybridized carbons (Fsp3) is 0.600. The third-order valence-electron chi connectivity index (χ3n) is 4.13. The molecular formula is C15H24N2O3S. The van der Waals surface area contributed by atoms with Gasteiger partial charge >= 0.3 is 0 Å². The first-order chi connectivity index (χ1) is 9.97. The van der Waals surface area contributed by atoms with Gasteiger partial charge in [-0.1, -0.05) is 18.9 Å². The average Bonchev–Trinajstić information content (AvgIpc) is 2.49. The number of nitrogens with one attached hydrogen (secondary N) is 2. The molecule has 0 spiro atoms. The monoisotopic (exact) mass is 312 g/mol. The summed E-state index contributed by atoms with van der Waals surface area (Å²) in [6.45, 7) is 1.97. The predicted octanol–water partition coefficient (Wildman–Crippen LogP) is 2.27. The van der Waals surface area contributed by atoms with Crippen LogP contribution in [-0.4, -0.2) is 34.7 Å². The van der Waals surface area contributed by atoms with Crippen molar-refractivity contribution >= 4 is 15.7 Å². The van der Waals surface area contributed by atoms with E-state index in [1.807, 2.05) is 13.0 Å². The molecule has 6 heteroatoms. The first-order valence-electron chi connectivity index (χ1n) is 7.31. The molecule has 0 aliphatic heterocycles. The van der Waals surface area contributed by atoms with Crippen LogP contribution in [-0.2, 0) is 14.8 Å². The van der Waals surface area contributed by atoms with E-state index >= 15 is 0 Å². The molecule has 1 fully saturated rings. The van der Waals surface area contributed by atoms with Crippen molar-refractivity contribution in [2.75, 3.05) is 19.5 Å². The van der Waals surface area contributed by atoms with Gasteiger partial charge in [0.15, 0.2) is 0 Å². The number of sulfonamides is 1. The highest BCUT2D eigenvalue weighted by molar-refractivity contribution is 7.89. The van der Waals surface area contributed by atoms with Gasteiger partial charge in [-0.3, -0.25) is 0 Å². The molecule has 5 nitrogen and oxygen atoms in total. The van der Waals surface area contributed by atoms with Crippen molar-refractivity contribution in [3.63, 3.8) is 0 Å². The van der Waals surface area contributed by atoms with Crippen LogP contribution in [0.4, 0.5) is 5.69 Å². The zero-order valence-electron chi connectivity index (χ0n) is 12.8. The van der Waals surface area contributed by atoms with Crippen LogP contribution in [0.25, 0.3) is 0 Å². The van der Waals surface area contributed by atoms with Crippen LogP contribution in [0.15, 0.2) is 23.1 Å². The summed E-state index contributed by atoms with van der Waals surface area (Å²) in [6.07, 6.45) is 4.63. The van der Waals surface area contributed by atoms with Crippen molar-refractivity contribution in [2.24, 2.45) is 0 Å². The third-order valence-corrected chi connectivity index (χ3v) is 5.55. The highest BCUT2D eigenvalue weighted by atomic mass is 32.2. The summed E-state index contributed by atoms with van der Waals surface area (Å²) >= 11 is 0. The summed E-state index contributed by atoms with van der Waals surface area (Å²) in [6, 6.07) is 5.38. The largest absolute Gasteiger partial charge is 0.379 e. The van der Waals surface area contributed by atoms with Gasteiger partial charge in [0.1, 0.15) is 0 Å². The van der Waals surface area contributed by atoms with Crippen LogP contribution in [0.1, 0.15) is 31.2 Å². The molecule has 0 heterocycles. The molecule has 0 amide bonds. The Morgan fingerprint density at radius 1 is 1.24 bits per heavy atom. The van der Waals surface area contributed by atoms with Gasteiger partial charge < -0.3 is 10.1 Å². The van der Waals surface area contributed by atoms with Crippen LogP contribution in [0.3, 0.4) is 0 Å².